The minimum Gasteiger partial charge on any atom is -0.485 e. The van der Waals surface area contributed by atoms with Crippen LogP contribution in [0.4, 0.5) is 0 Å². The van der Waals surface area contributed by atoms with Gasteiger partial charge in [-0.1, -0.05) is 0 Å². The van der Waals surface area contributed by atoms with Crippen LogP contribution in [0.15, 0.2) is 41.3 Å². The molecule has 2 heterocycles. The van der Waals surface area contributed by atoms with Crippen molar-refractivity contribution in [3.8, 4) is 5.75 Å². The first-order valence-corrected chi connectivity index (χ1v) is 6.74. The molecule has 1 atom stereocenters. The van der Waals surface area contributed by atoms with Crippen LogP contribution in [0.25, 0.3) is 0 Å². The molecule has 3 rings (SSSR count). The van der Waals surface area contributed by atoms with Crippen molar-refractivity contribution in [2.75, 3.05) is 7.11 Å². The molecule has 21 heavy (non-hydrogen) atoms. The molecule has 0 amide bonds. The Bertz CT molecular complexity index is 715. The van der Waals surface area contributed by atoms with Crippen molar-refractivity contribution in [3.05, 3.63) is 63.6 Å². The van der Waals surface area contributed by atoms with Gasteiger partial charge in [0.05, 0.1) is 12.7 Å². The molecule has 0 bridgehead atoms. The number of carbonyl (C=O) groups is 1. The number of hydrogen-bond donors (Lipinski definition) is 1. The van der Waals surface area contributed by atoms with Crippen LogP contribution in [-0.2, 0) is 11.2 Å². The molecule has 5 nitrogen and oxygen atoms in total. The SMILES string of the molecule is COC(=O)c1ccc2c(c1)CCC(c1ccc(=O)[nH]c1)O2. The van der Waals surface area contributed by atoms with Crippen LogP contribution in [-0.4, -0.2) is 18.1 Å². The topological polar surface area (TPSA) is 68.4 Å². The number of H-pyrrole nitrogens is 1. The molecular weight excluding hydrogens is 270 g/mol. The van der Waals surface area contributed by atoms with E-state index in [0.29, 0.717) is 5.56 Å². The number of aryl methyl sites for hydroxylation is 1. The zero-order chi connectivity index (χ0) is 14.8. The number of ether oxygens (including phenoxy) is 2. The number of nitrogens with one attached hydrogen (secondary N) is 1. The van der Waals surface area contributed by atoms with E-state index < -0.39 is 0 Å². The minimum atomic E-state index is -0.347. The fraction of sp³-hybridized carbons (Fsp3) is 0.250. The van der Waals surface area contributed by atoms with E-state index in [0.717, 1.165) is 29.7 Å². The second kappa shape index (κ2) is 5.44. The minimum absolute atomic E-state index is 0.0849. The van der Waals surface area contributed by atoms with Crippen LogP contribution >= 0.6 is 0 Å². The summed E-state index contributed by atoms with van der Waals surface area (Å²) < 4.78 is 10.7. The third-order valence-electron chi connectivity index (χ3n) is 3.61. The quantitative estimate of drug-likeness (QED) is 0.859. The van der Waals surface area contributed by atoms with E-state index in [9.17, 15) is 9.59 Å². The number of esters is 1. The molecule has 0 radical (unpaired) electrons. The van der Waals surface area contributed by atoms with Crippen molar-refractivity contribution in [2.24, 2.45) is 0 Å². The van der Waals surface area contributed by atoms with Gasteiger partial charge in [0, 0.05) is 17.8 Å². The smallest absolute Gasteiger partial charge is 0.337 e. The molecule has 1 aromatic heterocycles. The van der Waals surface area contributed by atoms with Gasteiger partial charge in [0.2, 0.25) is 5.56 Å². The number of fused-ring (bicyclic) bond motifs is 1. The molecule has 0 spiro atoms. The van der Waals surface area contributed by atoms with Gasteiger partial charge < -0.3 is 14.5 Å². The second-order valence-electron chi connectivity index (χ2n) is 4.95. The molecule has 0 aliphatic carbocycles. The molecule has 1 N–H and O–H groups in total. The van der Waals surface area contributed by atoms with E-state index in [1.54, 1.807) is 24.4 Å². The predicted octanol–water partition coefficient (Wildman–Crippen LogP) is 2.23. The largest absolute Gasteiger partial charge is 0.485 e. The van der Waals surface area contributed by atoms with Crippen molar-refractivity contribution < 1.29 is 14.3 Å². The highest BCUT2D eigenvalue weighted by molar-refractivity contribution is 5.89. The van der Waals surface area contributed by atoms with Gasteiger partial charge in [0.1, 0.15) is 11.9 Å². The predicted molar refractivity (Wildman–Crippen MR) is 76.5 cm³/mol. The number of aromatic amines is 1. The first-order chi connectivity index (χ1) is 10.2. The molecule has 1 aliphatic rings. The second-order valence-corrected chi connectivity index (χ2v) is 4.95. The zero-order valence-electron chi connectivity index (χ0n) is 11.6. The van der Waals surface area contributed by atoms with Gasteiger partial charge in [-0.2, -0.15) is 0 Å². The average molecular weight is 285 g/mol. The molecule has 1 aliphatic heterocycles. The van der Waals surface area contributed by atoms with Crippen molar-refractivity contribution in [2.45, 2.75) is 18.9 Å². The Morgan fingerprint density at radius 2 is 2.19 bits per heavy atom. The summed E-state index contributed by atoms with van der Waals surface area (Å²) in [5.41, 5.74) is 2.34. The summed E-state index contributed by atoms with van der Waals surface area (Å²) in [6.45, 7) is 0. The number of carbonyl (C=O) groups excluding carboxylic acids is 1. The van der Waals surface area contributed by atoms with Gasteiger partial charge in [-0.25, -0.2) is 4.79 Å². The maximum atomic E-state index is 11.5. The van der Waals surface area contributed by atoms with E-state index in [-0.39, 0.29) is 17.6 Å². The molecule has 5 heteroatoms. The Morgan fingerprint density at radius 1 is 1.33 bits per heavy atom. The van der Waals surface area contributed by atoms with Gasteiger partial charge in [-0.05, 0) is 42.7 Å². The van der Waals surface area contributed by atoms with Crippen LogP contribution in [0.1, 0.15) is 34.0 Å². The fourth-order valence-electron chi connectivity index (χ4n) is 2.49. The highest BCUT2D eigenvalue weighted by Gasteiger charge is 2.22. The van der Waals surface area contributed by atoms with Crippen LogP contribution < -0.4 is 10.3 Å². The first kappa shape index (κ1) is 13.4. The molecule has 1 aromatic carbocycles. The van der Waals surface area contributed by atoms with Crippen LogP contribution in [0.2, 0.25) is 0 Å². The zero-order valence-corrected chi connectivity index (χ0v) is 11.6. The Labute approximate surface area is 121 Å². The van der Waals surface area contributed by atoms with Crippen molar-refractivity contribution in [1.29, 1.82) is 0 Å². The highest BCUT2D eigenvalue weighted by Crippen LogP contribution is 2.35. The maximum absolute atomic E-state index is 11.5. The lowest BCUT2D eigenvalue weighted by Gasteiger charge is -2.26. The van der Waals surface area contributed by atoms with E-state index in [4.69, 9.17) is 9.47 Å². The summed E-state index contributed by atoms with van der Waals surface area (Å²) in [4.78, 5) is 25.3. The summed E-state index contributed by atoms with van der Waals surface area (Å²) in [6, 6.07) is 8.56. The normalized spacial score (nSPS) is 16.7. The van der Waals surface area contributed by atoms with Gasteiger partial charge in [0.25, 0.3) is 0 Å². The monoisotopic (exact) mass is 285 g/mol. The molecule has 0 saturated carbocycles. The summed E-state index contributed by atoms with van der Waals surface area (Å²) in [5.74, 6) is 0.422. The number of methoxy groups -OCH3 is 1. The fourth-order valence-corrected chi connectivity index (χ4v) is 2.49. The molecule has 0 fully saturated rings. The van der Waals surface area contributed by atoms with E-state index in [2.05, 4.69) is 4.98 Å². The maximum Gasteiger partial charge on any atom is 0.337 e. The summed E-state index contributed by atoms with van der Waals surface area (Å²) in [7, 11) is 1.37. The molecule has 2 aromatic rings. The van der Waals surface area contributed by atoms with E-state index >= 15 is 0 Å². The lowest BCUT2D eigenvalue weighted by Crippen LogP contribution is -2.17. The number of benzene rings is 1. The number of aromatic nitrogens is 1. The molecule has 108 valence electrons. The number of pyridine rings is 1. The van der Waals surface area contributed by atoms with E-state index in [1.165, 1.54) is 13.2 Å². The van der Waals surface area contributed by atoms with Crippen molar-refractivity contribution >= 4 is 5.97 Å². The lowest BCUT2D eigenvalue weighted by atomic mass is 9.97. The average Bonchev–Trinajstić information content (AvgIpc) is 2.54. The van der Waals surface area contributed by atoms with Gasteiger partial charge in [-0.3, -0.25) is 4.79 Å². The van der Waals surface area contributed by atoms with Gasteiger partial charge in [-0.15, -0.1) is 0 Å². The highest BCUT2D eigenvalue weighted by atomic mass is 16.5. The standard InChI is InChI=1S/C16H15NO4/c1-20-16(19)11-3-6-13-10(8-11)2-5-14(21-13)12-4-7-15(18)17-9-12/h3-4,6-9,14H,2,5H2,1H3,(H,17,18). The van der Waals surface area contributed by atoms with Gasteiger partial charge >= 0.3 is 5.97 Å². The van der Waals surface area contributed by atoms with Crippen LogP contribution in [0.3, 0.4) is 0 Å². The van der Waals surface area contributed by atoms with Gasteiger partial charge in [0.15, 0.2) is 0 Å². The third-order valence-corrected chi connectivity index (χ3v) is 3.61. The Morgan fingerprint density at radius 3 is 2.90 bits per heavy atom. The van der Waals surface area contributed by atoms with Crippen LogP contribution in [0, 0.1) is 0 Å². The third kappa shape index (κ3) is 2.67. The molecule has 1 unspecified atom stereocenters. The first-order valence-electron chi connectivity index (χ1n) is 6.74. The van der Waals surface area contributed by atoms with Crippen molar-refractivity contribution in [1.82, 2.24) is 4.98 Å². The molecular formula is C16H15NO4. The Balaban J connectivity index is 1.84. The van der Waals surface area contributed by atoms with Crippen molar-refractivity contribution in [3.63, 3.8) is 0 Å². The molecule has 0 saturated heterocycles. The summed E-state index contributed by atoms with van der Waals surface area (Å²) in [6.07, 6.45) is 3.20. The number of hydrogen-bond acceptors (Lipinski definition) is 4. The number of rotatable bonds is 2. The Kier molecular flexibility index (Phi) is 3.48. The summed E-state index contributed by atoms with van der Waals surface area (Å²) >= 11 is 0. The summed E-state index contributed by atoms with van der Waals surface area (Å²) in [5, 5.41) is 0. The Hall–Kier alpha value is -2.56. The van der Waals surface area contributed by atoms with Crippen LogP contribution in [0.5, 0.6) is 5.75 Å². The van der Waals surface area contributed by atoms with E-state index in [1.807, 2.05) is 6.07 Å². The lowest BCUT2D eigenvalue weighted by molar-refractivity contribution is 0.0600.